The van der Waals surface area contributed by atoms with Gasteiger partial charge in [-0.15, -0.1) is 0 Å². The number of carbonyl (C=O) groups is 1. The Morgan fingerprint density at radius 1 is 1.15 bits per heavy atom. The van der Waals surface area contributed by atoms with Crippen LogP contribution >= 0.6 is 11.6 Å². The van der Waals surface area contributed by atoms with Crippen LogP contribution in [0.2, 0.25) is 5.02 Å². The van der Waals surface area contributed by atoms with E-state index in [2.05, 4.69) is 5.32 Å². The number of halogens is 4. The summed E-state index contributed by atoms with van der Waals surface area (Å²) in [6.45, 7) is 0. The summed E-state index contributed by atoms with van der Waals surface area (Å²) in [5, 5.41) is 2.16. The van der Waals surface area contributed by atoms with Gasteiger partial charge in [-0.2, -0.15) is 0 Å². The zero-order valence-electron chi connectivity index (χ0n) is 9.88. The molecule has 0 bridgehead atoms. The van der Waals surface area contributed by atoms with Crippen LogP contribution in [0.15, 0.2) is 30.3 Å². The van der Waals surface area contributed by atoms with E-state index in [1.165, 1.54) is 6.07 Å². The molecule has 2 rings (SSSR count). The first-order chi connectivity index (χ1) is 9.40. The molecule has 0 saturated carbocycles. The number of hydrogen-bond acceptors (Lipinski definition) is 2. The van der Waals surface area contributed by atoms with Crippen LogP contribution in [0.1, 0.15) is 10.4 Å². The molecule has 104 valence electrons. The predicted octanol–water partition coefficient (Wildman–Crippen LogP) is 3.59. The zero-order valence-corrected chi connectivity index (χ0v) is 10.6. The SMILES string of the molecule is Nc1ccc(F)c(C(=O)Nc2cc(F)ccc2Cl)c1F. The first-order valence-corrected chi connectivity index (χ1v) is 5.78. The number of carbonyl (C=O) groups excluding carboxylic acids is 1. The fourth-order valence-corrected chi connectivity index (χ4v) is 1.72. The van der Waals surface area contributed by atoms with Gasteiger partial charge >= 0.3 is 0 Å². The monoisotopic (exact) mass is 300 g/mol. The largest absolute Gasteiger partial charge is 0.396 e. The molecule has 0 aromatic heterocycles. The number of benzene rings is 2. The maximum Gasteiger partial charge on any atom is 0.261 e. The minimum atomic E-state index is -1.19. The summed E-state index contributed by atoms with van der Waals surface area (Å²) in [4.78, 5) is 11.8. The molecule has 1 amide bonds. The van der Waals surface area contributed by atoms with Crippen LogP contribution in [-0.2, 0) is 0 Å². The number of nitrogens with one attached hydrogen (secondary N) is 1. The molecule has 2 aromatic carbocycles. The van der Waals surface area contributed by atoms with Crippen LogP contribution in [0.5, 0.6) is 0 Å². The highest BCUT2D eigenvalue weighted by molar-refractivity contribution is 6.33. The van der Waals surface area contributed by atoms with E-state index in [0.717, 1.165) is 24.3 Å². The number of nitrogens with two attached hydrogens (primary N) is 1. The normalized spacial score (nSPS) is 10.4. The van der Waals surface area contributed by atoms with Gasteiger partial charge < -0.3 is 11.1 Å². The molecule has 0 spiro atoms. The Kier molecular flexibility index (Phi) is 3.85. The minimum absolute atomic E-state index is 0.0319. The smallest absolute Gasteiger partial charge is 0.261 e. The molecule has 0 saturated heterocycles. The highest BCUT2D eigenvalue weighted by atomic mass is 35.5. The molecule has 0 aliphatic carbocycles. The number of nitrogen functional groups attached to an aromatic ring is 1. The van der Waals surface area contributed by atoms with E-state index in [1.807, 2.05) is 0 Å². The maximum absolute atomic E-state index is 13.7. The minimum Gasteiger partial charge on any atom is -0.396 e. The summed E-state index contributed by atoms with van der Waals surface area (Å²) in [6.07, 6.45) is 0. The molecule has 0 aliphatic heterocycles. The van der Waals surface area contributed by atoms with Gasteiger partial charge in [0, 0.05) is 0 Å². The lowest BCUT2D eigenvalue weighted by atomic mass is 10.1. The second-order valence-corrected chi connectivity index (χ2v) is 4.31. The third kappa shape index (κ3) is 2.70. The molecule has 2 aromatic rings. The second-order valence-electron chi connectivity index (χ2n) is 3.90. The van der Waals surface area contributed by atoms with Crippen molar-refractivity contribution in [3.8, 4) is 0 Å². The Morgan fingerprint density at radius 2 is 1.85 bits per heavy atom. The molecule has 0 aliphatic rings. The van der Waals surface area contributed by atoms with E-state index >= 15 is 0 Å². The highest BCUT2D eigenvalue weighted by Crippen LogP contribution is 2.25. The average molecular weight is 301 g/mol. The van der Waals surface area contributed by atoms with Gasteiger partial charge in [-0.1, -0.05) is 11.6 Å². The van der Waals surface area contributed by atoms with Gasteiger partial charge in [0.15, 0.2) is 5.82 Å². The zero-order chi connectivity index (χ0) is 14.9. The van der Waals surface area contributed by atoms with Crippen molar-refractivity contribution in [3.63, 3.8) is 0 Å². The molecule has 0 unspecified atom stereocenters. The molecular weight excluding hydrogens is 293 g/mol. The van der Waals surface area contributed by atoms with Crippen LogP contribution in [0, 0.1) is 17.5 Å². The van der Waals surface area contributed by atoms with Crippen LogP contribution < -0.4 is 11.1 Å². The van der Waals surface area contributed by atoms with E-state index in [9.17, 15) is 18.0 Å². The van der Waals surface area contributed by atoms with Gasteiger partial charge in [-0.25, -0.2) is 13.2 Å². The first-order valence-electron chi connectivity index (χ1n) is 5.40. The van der Waals surface area contributed by atoms with Gasteiger partial charge in [0.05, 0.1) is 16.4 Å². The van der Waals surface area contributed by atoms with Gasteiger partial charge in [-0.3, -0.25) is 4.79 Å². The van der Waals surface area contributed by atoms with E-state index in [1.54, 1.807) is 0 Å². The van der Waals surface area contributed by atoms with Crippen molar-refractivity contribution < 1.29 is 18.0 Å². The Labute approximate surface area is 117 Å². The van der Waals surface area contributed by atoms with Crippen LogP contribution in [0.3, 0.4) is 0 Å². The third-order valence-electron chi connectivity index (χ3n) is 2.52. The summed E-state index contributed by atoms with van der Waals surface area (Å²) in [6, 6.07) is 5.08. The number of hydrogen-bond donors (Lipinski definition) is 2. The summed E-state index contributed by atoms with van der Waals surface area (Å²) in [7, 11) is 0. The maximum atomic E-state index is 13.7. The number of anilines is 2. The standard InChI is InChI=1S/C13H8ClF3N2O/c14-7-2-1-6(15)5-10(7)19-13(20)11-8(16)3-4-9(18)12(11)17/h1-5H,18H2,(H,19,20). The molecule has 0 atom stereocenters. The van der Waals surface area contributed by atoms with Crippen LogP contribution in [-0.4, -0.2) is 5.91 Å². The number of amides is 1. The van der Waals surface area contributed by atoms with Crippen molar-refractivity contribution in [2.45, 2.75) is 0 Å². The van der Waals surface area contributed by atoms with Gasteiger partial charge in [0.25, 0.3) is 5.91 Å². The summed E-state index contributed by atoms with van der Waals surface area (Å²) in [5.74, 6) is -4.03. The number of rotatable bonds is 2. The Hall–Kier alpha value is -2.21. The molecular formula is C13H8ClF3N2O. The molecule has 20 heavy (non-hydrogen) atoms. The van der Waals surface area contributed by atoms with Gasteiger partial charge in [-0.05, 0) is 30.3 Å². The predicted molar refractivity (Wildman–Crippen MR) is 70.1 cm³/mol. The Balaban J connectivity index is 2.38. The van der Waals surface area contributed by atoms with Crippen LogP contribution in [0.25, 0.3) is 0 Å². The summed E-state index contributed by atoms with van der Waals surface area (Å²) in [5.41, 5.74) is 3.94. The molecule has 0 radical (unpaired) electrons. The fraction of sp³-hybridized carbons (Fsp3) is 0. The lowest BCUT2D eigenvalue weighted by Gasteiger charge is -2.09. The van der Waals surface area contributed by atoms with Crippen molar-refractivity contribution in [1.82, 2.24) is 0 Å². The van der Waals surface area contributed by atoms with Gasteiger partial charge in [0.2, 0.25) is 0 Å². The van der Waals surface area contributed by atoms with Crippen molar-refractivity contribution in [3.05, 3.63) is 58.4 Å². The van der Waals surface area contributed by atoms with E-state index in [-0.39, 0.29) is 16.4 Å². The molecule has 3 nitrogen and oxygen atoms in total. The van der Waals surface area contributed by atoms with Gasteiger partial charge in [0.1, 0.15) is 17.2 Å². The molecule has 0 fully saturated rings. The van der Waals surface area contributed by atoms with E-state index < -0.39 is 28.9 Å². The quantitative estimate of drug-likeness (QED) is 0.833. The Bertz CT molecular complexity index is 692. The van der Waals surface area contributed by atoms with Crippen molar-refractivity contribution in [2.75, 3.05) is 11.1 Å². The third-order valence-corrected chi connectivity index (χ3v) is 2.85. The summed E-state index contributed by atoms with van der Waals surface area (Å²) < 4.78 is 40.2. The Morgan fingerprint density at radius 3 is 2.55 bits per heavy atom. The molecule has 7 heteroatoms. The van der Waals surface area contributed by atoms with Crippen molar-refractivity contribution in [1.29, 1.82) is 0 Å². The fourth-order valence-electron chi connectivity index (χ4n) is 1.55. The molecule has 3 N–H and O–H groups in total. The van der Waals surface area contributed by atoms with E-state index in [0.29, 0.717) is 0 Å². The topological polar surface area (TPSA) is 55.1 Å². The van der Waals surface area contributed by atoms with Crippen LogP contribution in [0.4, 0.5) is 24.5 Å². The van der Waals surface area contributed by atoms with E-state index in [4.69, 9.17) is 17.3 Å². The lowest BCUT2D eigenvalue weighted by molar-refractivity contribution is 0.101. The summed E-state index contributed by atoms with van der Waals surface area (Å²) >= 11 is 5.75. The lowest BCUT2D eigenvalue weighted by Crippen LogP contribution is -2.17. The van der Waals surface area contributed by atoms with Crippen molar-refractivity contribution in [2.24, 2.45) is 0 Å². The highest BCUT2D eigenvalue weighted by Gasteiger charge is 2.20. The van der Waals surface area contributed by atoms with Crippen molar-refractivity contribution >= 4 is 28.9 Å². The second kappa shape index (κ2) is 5.42. The average Bonchev–Trinajstić information content (AvgIpc) is 2.39. The first kappa shape index (κ1) is 14.2. The molecule has 0 heterocycles.